The van der Waals surface area contributed by atoms with Crippen molar-refractivity contribution in [3.63, 3.8) is 0 Å². The molecule has 6 heteroatoms. The number of ether oxygens (including phenoxy) is 1. The molecule has 1 aliphatic heterocycles. The molecule has 0 aliphatic carbocycles. The van der Waals surface area contributed by atoms with Crippen LogP contribution in [0.2, 0.25) is 0 Å². The summed E-state index contributed by atoms with van der Waals surface area (Å²) < 4.78 is 4.67. The number of piperazine rings is 1. The Morgan fingerprint density at radius 2 is 2.32 bits per heavy atom. The van der Waals surface area contributed by atoms with E-state index in [0.29, 0.717) is 6.04 Å². The first-order valence-electron chi connectivity index (χ1n) is 6.70. The third-order valence-electron chi connectivity index (χ3n) is 3.39. The van der Waals surface area contributed by atoms with Crippen LogP contribution in [0.4, 0.5) is 0 Å². The van der Waals surface area contributed by atoms with E-state index in [9.17, 15) is 4.79 Å². The van der Waals surface area contributed by atoms with Crippen LogP contribution in [0.5, 0.6) is 0 Å². The van der Waals surface area contributed by atoms with Crippen LogP contribution in [0.15, 0.2) is 5.38 Å². The van der Waals surface area contributed by atoms with E-state index in [1.165, 1.54) is 7.11 Å². The summed E-state index contributed by atoms with van der Waals surface area (Å²) in [6.45, 7) is 6.39. The number of nitrogens with zero attached hydrogens (tertiary/aromatic N) is 2. The van der Waals surface area contributed by atoms with Gasteiger partial charge in [0.25, 0.3) is 0 Å². The van der Waals surface area contributed by atoms with Gasteiger partial charge in [0.1, 0.15) is 5.01 Å². The zero-order valence-electron chi connectivity index (χ0n) is 11.5. The van der Waals surface area contributed by atoms with Crippen molar-refractivity contribution in [1.29, 1.82) is 0 Å². The molecule has 1 fully saturated rings. The largest absolute Gasteiger partial charge is 0.469 e. The predicted molar refractivity (Wildman–Crippen MR) is 75.3 cm³/mol. The molecule has 1 atom stereocenters. The van der Waals surface area contributed by atoms with Gasteiger partial charge in [-0.25, -0.2) is 4.98 Å². The van der Waals surface area contributed by atoms with Gasteiger partial charge in [0.15, 0.2) is 0 Å². The predicted octanol–water partition coefficient (Wildman–Crippen LogP) is 1.21. The van der Waals surface area contributed by atoms with E-state index in [2.05, 4.69) is 26.9 Å². The molecule has 0 spiro atoms. The summed E-state index contributed by atoms with van der Waals surface area (Å²) in [7, 11) is 1.41. The van der Waals surface area contributed by atoms with Crippen molar-refractivity contribution >= 4 is 17.3 Å². The average Bonchev–Trinajstić information content (AvgIpc) is 2.89. The lowest BCUT2D eigenvalue weighted by atomic mass is 10.2. The highest BCUT2D eigenvalue weighted by Gasteiger charge is 2.23. The molecule has 2 heterocycles. The fourth-order valence-electron chi connectivity index (χ4n) is 2.36. The molecular weight excluding hydrogens is 262 g/mol. The van der Waals surface area contributed by atoms with Crippen LogP contribution < -0.4 is 5.32 Å². The minimum atomic E-state index is -0.230. The zero-order valence-corrected chi connectivity index (χ0v) is 12.3. The van der Waals surface area contributed by atoms with E-state index < -0.39 is 0 Å². The van der Waals surface area contributed by atoms with Crippen molar-refractivity contribution < 1.29 is 9.53 Å². The number of methoxy groups -OCH3 is 1. The van der Waals surface area contributed by atoms with E-state index >= 15 is 0 Å². The minimum Gasteiger partial charge on any atom is -0.469 e. The average molecular weight is 283 g/mol. The van der Waals surface area contributed by atoms with Gasteiger partial charge in [-0.2, -0.15) is 0 Å². The second-order valence-electron chi connectivity index (χ2n) is 4.64. The van der Waals surface area contributed by atoms with Crippen molar-refractivity contribution in [3.05, 3.63) is 16.1 Å². The maximum Gasteiger partial charge on any atom is 0.311 e. The summed E-state index contributed by atoms with van der Waals surface area (Å²) in [6, 6.07) is 0.374. The van der Waals surface area contributed by atoms with Crippen LogP contribution in [0.25, 0.3) is 0 Å². The number of carbonyl (C=O) groups excluding carboxylic acids is 1. The van der Waals surface area contributed by atoms with Gasteiger partial charge in [-0.1, -0.05) is 6.92 Å². The number of hydrogen-bond acceptors (Lipinski definition) is 6. The van der Waals surface area contributed by atoms with Crippen molar-refractivity contribution in [3.8, 4) is 0 Å². The SMILES string of the molecule is CCC(c1nc(CC(=O)OC)cs1)N1CCNCC1. The molecule has 106 valence electrons. The Hall–Kier alpha value is -0.980. The third kappa shape index (κ3) is 3.75. The summed E-state index contributed by atoms with van der Waals surface area (Å²) in [6.07, 6.45) is 1.32. The molecule has 0 bridgehead atoms. The Morgan fingerprint density at radius 1 is 1.58 bits per heavy atom. The van der Waals surface area contributed by atoms with Crippen LogP contribution in [-0.4, -0.2) is 49.1 Å². The first-order chi connectivity index (χ1) is 9.24. The zero-order chi connectivity index (χ0) is 13.7. The van der Waals surface area contributed by atoms with E-state index in [1.807, 2.05) is 5.38 Å². The summed E-state index contributed by atoms with van der Waals surface area (Å²) in [5.74, 6) is -0.230. The first-order valence-corrected chi connectivity index (χ1v) is 7.58. The molecule has 2 rings (SSSR count). The number of rotatable bonds is 5. The number of thiazole rings is 1. The molecule has 1 aromatic rings. The van der Waals surface area contributed by atoms with Gasteiger partial charge in [0.2, 0.25) is 0 Å². The molecule has 19 heavy (non-hydrogen) atoms. The lowest BCUT2D eigenvalue weighted by Crippen LogP contribution is -2.45. The third-order valence-corrected chi connectivity index (χ3v) is 4.38. The number of aromatic nitrogens is 1. The first kappa shape index (κ1) is 14.4. The fourth-order valence-corrected chi connectivity index (χ4v) is 3.40. The van der Waals surface area contributed by atoms with Crippen molar-refractivity contribution in [1.82, 2.24) is 15.2 Å². The highest BCUT2D eigenvalue weighted by Crippen LogP contribution is 2.27. The smallest absolute Gasteiger partial charge is 0.311 e. The quantitative estimate of drug-likeness (QED) is 0.823. The molecular formula is C13H21N3O2S. The van der Waals surface area contributed by atoms with Crippen LogP contribution in [0.1, 0.15) is 30.1 Å². The molecule has 0 amide bonds. The topological polar surface area (TPSA) is 54.5 Å². The number of hydrogen-bond donors (Lipinski definition) is 1. The minimum absolute atomic E-state index is 0.230. The van der Waals surface area contributed by atoms with Gasteiger partial charge >= 0.3 is 5.97 Å². The lowest BCUT2D eigenvalue weighted by molar-refractivity contribution is -0.139. The van der Waals surface area contributed by atoms with Crippen LogP contribution in [0.3, 0.4) is 0 Å². The van der Waals surface area contributed by atoms with E-state index in [0.717, 1.165) is 43.3 Å². The lowest BCUT2D eigenvalue weighted by Gasteiger charge is -2.33. The normalized spacial score (nSPS) is 18.2. The Bertz CT molecular complexity index is 416. The van der Waals surface area contributed by atoms with Gasteiger partial charge in [0.05, 0.1) is 25.3 Å². The standard InChI is InChI=1S/C13H21N3O2S/c1-3-11(16-6-4-14-5-7-16)13-15-10(9-19-13)8-12(17)18-2/h9,11,14H,3-8H2,1-2H3. The number of esters is 1. The van der Waals surface area contributed by atoms with E-state index in [4.69, 9.17) is 0 Å². The highest BCUT2D eigenvalue weighted by atomic mass is 32.1. The summed E-state index contributed by atoms with van der Waals surface area (Å²) in [4.78, 5) is 18.3. The molecule has 5 nitrogen and oxygen atoms in total. The maximum atomic E-state index is 11.3. The van der Waals surface area contributed by atoms with Crippen LogP contribution >= 0.6 is 11.3 Å². The second-order valence-corrected chi connectivity index (χ2v) is 5.53. The molecule has 0 radical (unpaired) electrons. The van der Waals surface area contributed by atoms with Gasteiger partial charge in [-0.3, -0.25) is 9.69 Å². The molecule has 0 aromatic carbocycles. The molecule has 0 saturated carbocycles. The van der Waals surface area contributed by atoms with Crippen molar-refractivity contribution in [2.45, 2.75) is 25.8 Å². The highest BCUT2D eigenvalue weighted by molar-refractivity contribution is 7.09. The molecule has 1 aromatic heterocycles. The van der Waals surface area contributed by atoms with E-state index in [-0.39, 0.29) is 12.4 Å². The van der Waals surface area contributed by atoms with Crippen molar-refractivity contribution in [2.24, 2.45) is 0 Å². The summed E-state index contributed by atoms with van der Waals surface area (Å²) in [5.41, 5.74) is 0.820. The Morgan fingerprint density at radius 3 is 2.95 bits per heavy atom. The van der Waals surface area contributed by atoms with Gasteiger partial charge in [0, 0.05) is 31.6 Å². The molecule has 1 aliphatic rings. The molecule has 1 saturated heterocycles. The summed E-state index contributed by atoms with van der Waals surface area (Å²) in [5, 5.41) is 6.45. The Labute approximate surface area is 118 Å². The van der Waals surface area contributed by atoms with Gasteiger partial charge in [-0.15, -0.1) is 11.3 Å². The maximum absolute atomic E-state index is 11.3. The number of nitrogens with one attached hydrogen (secondary N) is 1. The summed E-state index contributed by atoms with van der Waals surface area (Å²) >= 11 is 1.65. The van der Waals surface area contributed by atoms with Crippen LogP contribution in [0, 0.1) is 0 Å². The van der Waals surface area contributed by atoms with E-state index in [1.54, 1.807) is 11.3 Å². The number of carbonyl (C=O) groups is 1. The van der Waals surface area contributed by atoms with Crippen LogP contribution in [-0.2, 0) is 16.0 Å². The fraction of sp³-hybridized carbons (Fsp3) is 0.692. The molecule has 1 unspecified atom stereocenters. The Balaban J connectivity index is 2.03. The van der Waals surface area contributed by atoms with Crippen molar-refractivity contribution in [2.75, 3.05) is 33.3 Å². The molecule has 1 N–H and O–H groups in total. The van der Waals surface area contributed by atoms with Gasteiger partial charge < -0.3 is 10.1 Å². The monoisotopic (exact) mass is 283 g/mol. The van der Waals surface area contributed by atoms with Gasteiger partial charge in [-0.05, 0) is 6.42 Å². The Kier molecular flexibility index (Phi) is 5.30. The second kappa shape index (κ2) is 6.98.